The molecule has 4 nitrogen and oxygen atoms in total. The van der Waals surface area contributed by atoms with E-state index in [2.05, 4.69) is 43.5 Å². The summed E-state index contributed by atoms with van der Waals surface area (Å²) in [6, 6.07) is -0.640. The Labute approximate surface area is 261 Å². The van der Waals surface area contributed by atoms with Crippen molar-refractivity contribution in [1.29, 1.82) is 0 Å². The lowest BCUT2D eigenvalue weighted by molar-refractivity contribution is -0.123. The predicted molar refractivity (Wildman–Crippen MR) is 184 cm³/mol. The van der Waals surface area contributed by atoms with Gasteiger partial charge in [-0.15, -0.1) is 0 Å². The first-order valence-corrected chi connectivity index (χ1v) is 18.2. The van der Waals surface area contributed by atoms with E-state index in [0.29, 0.717) is 6.42 Å². The zero-order valence-corrected chi connectivity index (χ0v) is 28.0. The zero-order valence-electron chi connectivity index (χ0n) is 28.0. The van der Waals surface area contributed by atoms with Crippen LogP contribution < -0.4 is 5.32 Å². The van der Waals surface area contributed by atoms with Gasteiger partial charge in [0.25, 0.3) is 0 Å². The van der Waals surface area contributed by atoms with E-state index < -0.39 is 12.1 Å². The fourth-order valence-corrected chi connectivity index (χ4v) is 5.23. The lowest BCUT2D eigenvalue weighted by atomic mass is 10.0. The summed E-state index contributed by atoms with van der Waals surface area (Å²) in [6.45, 7) is 4.24. The van der Waals surface area contributed by atoms with Crippen molar-refractivity contribution < 1.29 is 15.0 Å². The quantitative estimate of drug-likeness (QED) is 0.0540. The van der Waals surface area contributed by atoms with Crippen LogP contribution in [0.5, 0.6) is 0 Å². The smallest absolute Gasteiger partial charge is 0.220 e. The fourth-order valence-electron chi connectivity index (χ4n) is 5.23. The Morgan fingerprint density at radius 1 is 0.548 bits per heavy atom. The predicted octanol–water partition coefficient (Wildman–Crippen LogP) is 10.7. The van der Waals surface area contributed by atoms with Crippen LogP contribution in [0.4, 0.5) is 0 Å². The van der Waals surface area contributed by atoms with E-state index in [1.54, 1.807) is 6.08 Å². The van der Waals surface area contributed by atoms with Crippen LogP contribution in [0, 0.1) is 0 Å². The molecule has 0 aliphatic carbocycles. The molecule has 4 heteroatoms. The standard InChI is InChI=1S/C38H71NO3/c1-3-5-7-9-11-13-15-16-17-18-19-20-21-22-24-25-27-29-31-33-37(41)36(35-40)39-38(42)34-32-30-28-26-23-14-12-10-8-6-4-2/h10,12,24-25,31,33,36-37,40-41H,3-9,11,13-23,26-30,32,34-35H2,1-2H3,(H,39,42)/b12-10-,25-24+,33-31+. The van der Waals surface area contributed by atoms with Gasteiger partial charge in [-0.2, -0.15) is 0 Å². The summed E-state index contributed by atoms with van der Waals surface area (Å²) in [5, 5.41) is 22.8. The van der Waals surface area contributed by atoms with Gasteiger partial charge in [-0.3, -0.25) is 4.79 Å². The number of hydrogen-bond donors (Lipinski definition) is 3. The summed E-state index contributed by atoms with van der Waals surface area (Å²) >= 11 is 0. The molecular weight excluding hydrogens is 518 g/mol. The first-order chi connectivity index (χ1) is 20.7. The van der Waals surface area contributed by atoms with E-state index in [1.165, 1.54) is 116 Å². The normalized spacial score (nSPS) is 13.5. The number of nitrogens with one attached hydrogen (secondary N) is 1. The van der Waals surface area contributed by atoms with Crippen molar-refractivity contribution in [3.8, 4) is 0 Å². The molecule has 0 heterocycles. The van der Waals surface area contributed by atoms with E-state index in [-0.39, 0.29) is 12.5 Å². The number of unbranched alkanes of at least 4 members (excludes halogenated alkanes) is 21. The molecule has 0 aromatic rings. The van der Waals surface area contributed by atoms with Crippen LogP contribution in [0.1, 0.15) is 181 Å². The van der Waals surface area contributed by atoms with Gasteiger partial charge in [0.15, 0.2) is 0 Å². The summed E-state index contributed by atoms with van der Waals surface area (Å²) < 4.78 is 0. The number of carbonyl (C=O) groups excluding carboxylic acids is 1. The number of aliphatic hydroxyl groups is 2. The third-order valence-corrected chi connectivity index (χ3v) is 8.10. The molecule has 42 heavy (non-hydrogen) atoms. The Kier molecular flexibility index (Phi) is 33.0. The van der Waals surface area contributed by atoms with E-state index in [1.807, 2.05) is 6.08 Å². The maximum absolute atomic E-state index is 12.3. The van der Waals surface area contributed by atoms with Crippen molar-refractivity contribution in [1.82, 2.24) is 5.32 Å². The summed E-state index contributed by atoms with van der Waals surface area (Å²) in [7, 11) is 0. The lowest BCUT2D eigenvalue weighted by Crippen LogP contribution is -2.45. The van der Waals surface area contributed by atoms with E-state index in [4.69, 9.17) is 0 Å². The lowest BCUT2D eigenvalue weighted by Gasteiger charge is -2.19. The Morgan fingerprint density at radius 2 is 0.952 bits per heavy atom. The Hall–Kier alpha value is -1.39. The SMILES string of the molecule is CCCC/C=C\CCCCCCCC(=O)NC(CO)C(O)/C=C/CC/C=C/CCCCCCCCCCCCCCC. The van der Waals surface area contributed by atoms with Crippen LogP contribution in [0.3, 0.4) is 0 Å². The molecule has 0 saturated carbocycles. The van der Waals surface area contributed by atoms with Gasteiger partial charge in [-0.05, 0) is 51.4 Å². The van der Waals surface area contributed by atoms with Gasteiger partial charge in [0.1, 0.15) is 0 Å². The van der Waals surface area contributed by atoms with Gasteiger partial charge < -0.3 is 15.5 Å². The maximum atomic E-state index is 12.3. The minimum atomic E-state index is -0.862. The van der Waals surface area contributed by atoms with Crippen molar-refractivity contribution in [2.24, 2.45) is 0 Å². The molecule has 0 saturated heterocycles. The van der Waals surface area contributed by atoms with Crippen molar-refractivity contribution in [3.05, 3.63) is 36.5 Å². The molecule has 0 aromatic carbocycles. The van der Waals surface area contributed by atoms with E-state index >= 15 is 0 Å². The van der Waals surface area contributed by atoms with Crippen LogP contribution in [-0.2, 0) is 4.79 Å². The first-order valence-electron chi connectivity index (χ1n) is 18.2. The fraction of sp³-hybridized carbons (Fsp3) is 0.816. The van der Waals surface area contributed by atoms with Gasteiger partial charge in [-0.1, -0.05) is 159 Å². The van der Waals surface area contributed by atoms with Crippen molar-refractivity contribution in [2.75, 3.05) is 6.61 Å². The van der Waals surface area contributed by atoms with Crippen LogP contribution in [0.25, 0.3) is 0 Å². The second kappa shape index (κ2) is 34.1. The molecule has 0 bridgehead atoms. The molecular formula is C38H71NO3. The maximum Gasteiger partial charge on any atom is 0.220 e. The van der Waals surface area contributed by atoms with Crippen LogP contribution in [0.15, 0.2) is 36.5 Å². The highest BCUT2D eigenvalue weighted by atomic mass is 16.3. The molecule has 0 aromatic heterocycles. The third kappa shape index (κ3) is 30.1. The zero-order chi connectivity index (χ0) is 30.8. The molecule has 2 unspecified atom stereocenters. The number of rotatable bonds is 32. The van der Waals surface area contributed by atoms with Crippen molar-refractivity contribution in [3.63, 3.8) is 0 Å². The first kappa shape index (κ1) is 40.6. The monoisotopic (exact) mass is 590 g/mol. The molecule has 0 aliphatic rings. The van der Waals surface area contributed by atoms with E-state index in [0.717, 1.165) is 44.9 Å². The van der Waals surface area contributed by atoms with E-state index in [9.17, 15) is 15.0 Å². The average molecular weight is 590 g/mol. The number of carbonyl (C=O) groups is 1. The molecule has 246 valence electrons. The Bertz CT molecular complexity index is 642. The number of hydrogen-bond acceptors (Lipinski definition) is 3. The molecule has 0 radical (unpaired) electrons. The molecule has 0 fully saturated rings. The molecule has 1 amide bonds. The molecule has 0 spiro atoms. The summed E-state index contributed by atoms with van der Waals surface area (Å²) in [5.41, 5.74) is 0. The second-order valence-electron chi connectivity index (χ2n) is 12.3. The van der Waals surface area contributed by atoms with Crippen LogP contribution in [0.2, 0.25) is 0 Å². The highest BCUT2D eigenvalue weighted by Gasteiger charge is 2.17. The number of aliphatic hydroxyl groups excluding tert-OH is 2. The summed E-state index contributed by atoms with van der Waals surface area (Å²) in [6.07, 6.45) is 43.8. The molecule has 2 atom stereocenters. The summed E-state index contributed by atoms with van der Waals surface area (Å²) in [4.78, 5) is 12.3. The van der Waals surface area contributed by atoms with Crippen LogP contribution >= 0.6 is 0 Å². The van der Waals surface area contributed by atoms with Gasteiger partial charge in [0.2, 0.25) is 5.91 Å². The van der Waals surface area contributed by atoms with Gasteiger partial charge in [-0.25, -0.2) is 0 Å². The Balaban J connectivity index is 3.67. The minimum Gasteiger partial charge on any atom is -0.394 e. The summed E-state index contributed by atoms with van der Waals surface area (Å²) in [5.74, 6) is -0.0866. The average Bonchev–Trinajstić information content (AvgIpc) is 2.99. The topological polar surface area (TPSA) is 69.6 Å². The molecule has 0 rings (SSSR count). The molecule has 3 N–H and O–H groups in total. The van der Waals surface area contributed by atoms with Gasteiger partial charge in [0.05, 0.1) is 18.8 Å². The second-order valence-corrected chi connectivity index (χ2v) is 12.3. The third-order valence-electron chi connectivity index (χ3n) is 8.10. The number of amides is 1. The van der Waals surface area contributed by atoms with Crippen molar-refractivity contribution in [2.45, 2.75) is 193 Å². The molecule has 0 aliphatic heterocycles. The highest BCUT2D eigenvalue weighted by molar-refractivity contribution is 5.76. The number of allylic oxidation sites excluding steroid dienone is 5. The Morgan fingerprint density at radius 3 is 1.45 bits per heavy atom. The highest BCUT2D eigenvalue weighted by Crippen LogP contribution is 2.13. The largest absolute Gasteiger partial charge is 0.394 e. The van der Waals surface area contributed by atoms with Gasteiger partial charge >= 0.3 is 0 Å². The van der Waals surface area contributed by atoms with Crippen molar-refractivity contribution >= 4 is 5.91 Å². The minimum absolute atomic E-state index is 0.0866. The van der Waals surface area contributed by atoms with Crippen LogP contribution in [-0.4, -0.2) is 34.9 Å². The van der Waals surface area contributed by atoms with Gasteiger partial charge in [0, 0.05) is 6.42 Å².